The van der Waals surface area contributed by atoms with Gasteiger partial charge in [0.25, 0.3) is 0 Å². The van der Waals surface area contributed by atoms with Crippen LogP contribution in [0.2, 0.25) is 0 Å². The van der Waals surface area contributed by atoms with E-state index in [1.807, 2.05) is 30.3 Å². The van der Waals surface area contributed by atoms with E-state index in [0.717, 1.165) is 16.5 Å². The second kappa shape index (κ2) is 7.20. The summed E-state index contributed by atoms with van der Waals surface area (Å²) < 4.78 is 0. The number of aromatic nitrogens is 1. The quantitative estimate of drug-likeness (QED) is 0.599. The Morgan fingerprint density at radius 1 is 1.14 bits per heavy atom. The average Bonchev–Trinajstić information content (AvgIpc) is 2.52. The van der Waals surface area contributed by atoms with E-state index in [9.17, 15) is 4.79 Å². The minimum atomic E-state index is -0.0669. The highest BCUT2D eigenvalue weighted by Crippen LogP contribution is 2.17. The lowest BCUT2D eigenvalue weighted by Crippen LogP contribution is -2.29. The van der Waals surface area contributed by atoms with Crippen molar-refractivity contribution in [1.29, 1.82) is 0 Å². The Hall–Kier alpha value is -2.68. The fraction of sp³-hybridized carbons (Fsp3) is 0.111. The standard InChI is InChI=1S/C18H18N2O/c1-3-13-20(14-4-2)17(21)11-10-16-8-5-7-15-9-6-12-19-18(15)16/h3-12H,1-2,13-14H2/b11-10+. The first-order valence-corrected chi connectivity index (χ1v) is 6.79. The van der Waals surface area contributed by atoms with Crippen LogP contribution in [0.1, 0.15) is 5.56 Å². The lowest BCUT2D eigenvalue weighted by atomic mass is 10.1. The lowest BCUT2D eigenvalue weighted by Gasteiger charge is -2.16. The SMILES string of the molecule is C=CCN(CC=C)C(=O)/C=C/c1cccc2cccnc12. The van der Waals surface area contributed by atoms with Crippen LogP contribution >= 0.6 is 0 Å². The molecule has 21 heavy (non-hydrogen) atoms. The van der Waals surface area contributed by atoms with Crippen LogP contribution < -0.4 is 0 Å². The number of para-hydroxylation sites is 1. The molecule has 0 aliphatic rings. The molecule has 0 atom stereocenters. The summed E-state index contributed by atoms with van der Waals surface area (Å²) in [5.41, 5.74) is 1.82. The monoisotopic (exact) mass is 278 g/mol. The highest BCUT2D eigenvalue weighted by Gasteiger charge is 2.06. The number of amides is 1. The molecule has 106 valence electrons. The zero-order chi connectivity index (χ0) is 15.1. The van der Waals surface area contributed by atoms with Crippen molar-refractivity contribution >= 4 is 22.9 Å². The second-order valence-corrected chi connectivity index (χ2v) is 4.58. The Kier molecular flexibility index (Phi) is 5.04. The van der Waals surface area contributed by atoms with Gasteiger partial charge in [0.1, 0.15) is 0 Å². The highest BCUT2D eigenvalue weighted by molar-refractivity contribution is 5.95. The van der Waals surface area contributed by atoms with Gasteiger partial charge in [-0.3, -0.25) is 9.78 Å². The lowest BCUT2D eigenvalue weighted by molar-refractivity contribution is -0.124. The summed E-state index contributed by atoms with van der Waals surface area (Å²) in [6.45, 7) is 8.33. The number of rotatable bonds is 6. The first-order chi connectivity index (χ1) is 10.3. The summed E-state index contributed by atoms with van der Waals surface area (Å²) in [4.78, 5) is 18.2. The van der Waals surface area contributed by atoms with E-state index in [1.165, 1.54) is 0 Å². The van der Waals surface area contributed by atoms with Gasteiger partial charge in [-0.15, -0.1) is 13.2 Å². The number of nitrogens with zero attached hydrogens (tertiary/aromatic N) is 2. The minimum Gasteiger partial charge on any atom is -0.332 e. The molecule has 0 N–H and O–H groups in total. The Labute approximate surface area is 124 Å². The highest BCUT2D eigenvalue weighted by atomic mass is 16.2. The summed E-state index contributed by atoms with van der Waals surface area (Å²) in [5, 5.41) is 1.06. The van der Waals surface area contributed by atoms with Gasteiger partial charge >= 0.3 is 0 Å². The Morgan fingerprint density at radius 2 is 1.86 bits per heavy atom. The molecule has 1 aromatic carbocycles. The van der Waals surface area contributed by atoms with Gasteiger partial charge in [-0.2, -0.15) is 0 Å². The first-order valence-electron chi connectivity index (χ1n) is 6.79. The number of fused-ring (bicyclic) bond motifs is 1. The maximum Gasteiger partial charge on any atom is 0.247 e. The van der Waals surface area contributed by atoms with Crippen LogP contribution in [0, 0.1) is 0 Å². The van der Waals surface area contributed by atoms with Crippen LogP contribution in [-0.2, 0) is 4.79 Å². The number of hydrogen-bond acceptors (Lipinski definition) is 2. The third-order valence-electron chi connectivity index (χ3n) is 3.08. The predicted octanol–water partition coefficient (Wildman–Crippen LogP) is 3.45. The summed E-state index contributed by atoms with van der Waals surface area (Å²) in [6, 6.07) is 9.81. The molecule has 1 amide bonds. The normalized spacial score (nSPS) is 10.7. The van der Waals surface area contributed by atoms with Crippen molar-refractivity contribution in [3.05, 3.63) is 73.5 Å². The van der Waals surface area contributed by atoms with Crippen molar-refractivity contribution in [2.45, 2.75) is 0 Å². The smallest absolute Gasteiger partial charge is 0.247 e. The third kappa shape index (κ3) is 3.66. The molecular weight excluding hydrogens is 260 g/mol. The molecule has 0 aliphatic heterocycles. The maximum absolute atomic E-state index is 12.2. The van der Waals surface area contributed by atoms with Crippen LogP contribution in [0.25, 0.3) is 17.0 Å². The van der Waals surface area contributed by atoms with Gasteiger partial charge in [0, 0.05) is 36.3 Å². The molecule has 0 saturated heterocycles. The Morgan fingerprint density at radius 3 is 2.57 bits per heavy atom. The zero-order valence-corrected chi connectivity index (χ0v) is 11.9. The van der Waals surface area contributed by atoms with E-state index >= 15 is 0 Å². The summed E-state index contributed by atoms with van der Waals surface area (Å²) in [7, 11) is 0. The van der Waals surface area contributed by atoms with Crippen LogP contribution in [-0.4, -0.2) is 28.9 Å². The molecule has 0 spiro atoms. The van der Waals surface area contributed by atoms with Crippen LogP contribution in [0.3, 0.4) is 0 Å². The molecule has 0 unspecified atom stereocenters. The first kappa shape index (κ1) is 14.7. The van der Waals surface area contributed by atoms with Gasteiger partial charge in [-0.25, -0.2) is 0 Å². The number of hydrogen-bond donors (Lipinski definition) is 0. The fourth-order valence-electron chi connectivity index (χ4n) is 2.09. The predicted molar refractivity (Wildman–Crippen MR) is 87.8 cm³/mol. The van der Waals surface area contributed by atoms with Crippen molar-refractivity contribution in [2.75, 3.05) is 13.1 Å². The van der Waals surface area contributed by atoms with Gasteiger partial charge in [-0.1, -0.05) is 36.4 Å². The molecule has 0 bridgehead atoms. The molecule has 2 aromatic rings. The fourth-order valence-corrected chi connectivity index (χ4v) is 2.09. The number of pyridine rings is 1. The summed E-state index contributed by atoms with van der Waals surface area (Å²) in [6.07, 6.45) is 8.53. The summed E-state index contributed by atoms with van der Waals surface area (Å²) >= 11 is 0. The van der Waals surface area contributed by atoms with Crippen molar-refractivity contribution in [3.63, 3.8) is 0 Å². The Bertz CT molecular complexity index is 673. The van der Waals surface area contributed by atoms with Gasteiger partial charge in [0.05, 0.1) is 5.52 Å². The van der Waals surface area contributed by atoms with E-state index in [2.05, 4.69) is 18.1 Å². The van der Waals surface area contributed by atoms with Gasteiger partial charge in [0.2, 0.25) is 5.91 Å². The third-order valence-corrected chi connectivity index (χ3v) is 3.08. The Balaban J connectivity index is 2.24. The van der Waals surface area contributed by atoms with Crippen molar-refractivity contribution in [3.8, 4) is 0 Å². The number of carbonyl (C=O) groups excluding carboxylic acids is 1. The van der Waals surface area contributed by atoms with E-state index in [4.69, 9.17) is 0 Å². The van der Waals surface area contributed by atoms with E-state index in [0.29, 0.717) is 13.1 Å². The van der Waals surface area contributed by atoms with Crippen LogP contribution in [0.15, 0.2) is 67.9 Å². The van der Waals surface area contributed by atoms with Crippen LogP contribution in [0.4, 0.5) is 0 Å². The van der Waals surface area contributed by atoms with Crippen LogP contribution in [0.5, 0.6) is 0 Å². The van der Waals surface area contributed by atoms with Crippen molar-refractivity contribution < 1.29 is 4.79 Å². The molecule has 2 rings (SSSR count). The topological polar surface area (TPSA) is 33.2 Å². The van der Waals surface area contributed by atoms with Gasteiger partial charge in [-0.05, 0) is 12.1 Å². The summed E-state index contributed by atoms with van der Waals surface area (Å²) in [5.74, 6) is -0.0669. The number of benzene rings is 1. The van der Waals surface area contributed by atoms with E-state index in [-0.39, 0.29) is 5.91 Å². The molecule has 0 aliphatic carbocycles. The zero-order valence-electron chi connectivity index (χ0n) is 11.9. The van der Waals surface area contributed by atoms with Gasteiger partial charge < -0.3 is 4.90 Å². The molecule has 0 radical (unpaired) electrons. The second-order valence-electron chi connectivity index (χ2n) is 4.58. The molecule has 3 heteroatoms. The maximum atomic E-state index is 12.2. The van der Waals surface area contributed by atoms with Gasteiger partial charge in [0.15, 0.2) is 0 Å². The molecule has 1 aromatic heterocycles. The average molecular weight is 278 g/mol. The number of carbonyl (C=O) groups is 1. The molecule has 0 saturated carbocycles. The van der Waals surface area contributed by atoms with Crippen molar-refractivity contribution in [2.24, 2.45) is 0 Å². The molecular formula is C18H18N2O. The minimum absolute atomic E-state index is 0.0669. The molecule has 0 fully saturated rings. The van der Waals surface area contributed by atoms with E-state index < -0.39 is 0 Å². The van der Waals surface area contributed by atoms with E-state index in [1.54, 1.807) is 35.4 Å². The largest absolute Gasteiger partial charge is 0.332 e. The molecule has 1 heterocycles. The van der Waals surface area contributed by atoms with Crippen molar-refractivity contribution in [1.82, 2.24) is 9.88 Å². The molecule has 3 nitrogen and oxygen atoms in total.